The molecule has 3 aromatic rings. The van der Waals surface area contributed by atoms with Crippen LogP contribution in [0.2, 0.25) is 0 Å². The van der Waals surface area contributed by atoms with Gasteiger partial charge in [0, 0.05) is 25.2 Å². The summed E-state index contributed by atoms with van der Waals surface area (Å²) in [6.45, 7) is 7.02. The number of hydrogen-bond acceptors (Lipinski definition) is 7. The summed E-state index contributed by atoms with van der Waals surface area (Å²) in [4.78, 5) is 38.8. The first-order chi connectivity index (χ1) is 21.4. The summed E-state index contributed by atoms with van der Waals surface area (Å²) >= 11 is 0. The molecule has 45 heavy (non-hydrogen) atoms. The Morgan fingerprint density at radius 1 is 0.867 bits per heavy atom. The van der Waals surface area contributed by atoms with Gasteiger partial charge in [-0.05, 0) is 94.5 Å². The zero-order chi connectivity index (χ0) is 32.5. The van der Waals surface area contributed by atoms with Crippen LogP contribution >= 0.6 is 0 Å². The number of carbonyl (C=O) groups is 3. The van der Waals surface area contributed by atoms with E-state index in [9.17, 15) is 22.8 Å². The Hall–Kier alpha value is -4.58. The van der Waals surface area contributed by atoms with Crippen LogP contribution in [0.5, 0.6) is 11.5 Å². The highest BCUT2D eigenvalue weighted by molar-refractivity contribution is 7.92. The molecule has 0 bridgehead atoms. The molecule has 3 N–H and O–H groups in total. The summed E-state index contributed by atoms with van der Waals surface area (Å²) in [6, 6.07) is 21.1. The lowest BCUT2D eigenvalue weighted by Crippen LogP contribution is -2.42. The number of piperidine rings is 1. The van der Waals surface area contributed by atoms with E-state index in [0.29, 0.717) is 37.1 Å². The van der Waals surface area contributed by atoms with Crippen molar-refractivity contribution in [3.8, 4) is 11.5 Å². The van der Waals surface area contributed by atoms with Crippen LogP contribution in [0.1, 0.15) is 50.4 Å². The van der Waals surface area contributed by atoms with E-state index in [2.05, 4.69) is 15.4 Å². The summed E-state index contributed by atoms with van der Waals surface area (Å²) in [7, 11) is -3.98. The van der Waals surface area contributed by atoms with E-state index in [1.165, 1.54) is 24.3 Å². The minimum atomic E-state index is -3.98. The highest BCUT2D eigenvalue weighted by atomic mass is 32.2. The van der Waals surface area contributed by atoms with Crippen molar-refractivity contribution >= 4 is 33.6 Å². The largest absolute Gasteiger partial charge is 0.455 e. The van der Waals surface area contributed by atoms with Crippen molar-refractivity contribution in [1.82, 2.24) is 15.5 Å². The third-order valence-corrected chi connectivity index (χ3v) is 8.46. The summed E-state index contributed by atoms with van der Waals surface area (Å²) in [5, 5.41) is 5.38. The van der Waals surface area contributed by atoms with Crippen LogP contribution in [0, 0.1) is 5.92 Å². The fourth-order valence-corrected chi connectivity index (χ4v) is 5.79. The monoisotopic (exact) mass is 636 g/mol. The van der Waals surface area contributed by atoms with E-state index >= 15 is 0 Å². The topological polar surface area (TPSA) is 143 Å². The van der Waals surface area contributed by atoms with Crippen molar-refractivity contribution in [1.29, 1.82) is 0 Å². The van der Waals surface area contributed by atoms with Crippen molar-refractivity contribution in [2.45, 2.75) is 50.5 Å². The molecule has 0 radical (unpaired) electrons. The van der Waals surface area contributed by atoms with Crippen molar-refractivity contribution < 1.29 is 32.3 Å². The third kappa shape index (κ3) is 10.2. The molecule has 11 nitrogen and oxygen atoms in total. The number of hydrogen-bond donors (Lipinski definition) is 3. The van der Waals surface area contributed by atoms with Gasteiger partial charge in [-0.25, -0.2) is 13.2 Å². The smallest absolute Gasteiger partial charge is 0.410 e. The molecular weight excluding hydrogens is 596 g/mol. The number of benzene rings is 3. The molecule has 1 saturated heterocycles. The van der Waals surface area contributed by atoms with Gasteiger partial charge in [0.1, 0.15) is 11.4 Å². The van der Waals surface area contributed by atoms with Gasteiger partial charge in [0.2, 0.25) is 5.91 Å². The standard InChI is InChI=1S/C33H40N4O7S/c1-33(2,3)44-32(40)37-21-18-24(19-22-37)17-20-34-30(38)23-35-31(39)25-13-15-27(16-14-25)45(41,42)36-28-11-7-8-12-29(28)43-26-9-5-4-6-10-26/h4-16,24,36H,17-23H2,1-3H3,(H,34,38)(H,35,39). The Morgan fingerprint density at radius 2 is 1.51 bits per heavy atom. The van der Waals surface area contributed by atoms with E-state index in [1.807, 2.05) is 39.0 Å². The fourth-order valence-electron chi connectivity index (χ4n) is 4.72. The van der Waals surface area contributed by atoms with Crippen LogP contribution in [-0.4, -0.2) is 63.0 Å². The van der Waals surface area contributed by atoms with Crippen molar-refractivity contribution in [2.24, 2.45) is 5.92 Å². The quantitative estimate of drug-likeness (QED) is 0.264. The molecule has 1 aliphatic heterocycles. The van der Waals surface area contributed by atoms with Gasteiger partial charge >= 0.3 is 6.09 Å². The van der Waals surface area contributed by atoms with Crippen LogP contribution in [0.25, 0.3) is 0 Å². The van der Waals surface area contributed by atoms with Crippen LogP contribution in [0.3, 0.4) is 0 Å². The molecule has 1 aliphatic rings. The predicted molar refractivity (Wildman–Crippen MR) is 171 cm³/mol. The molecule has 0 spiro atoms. The van der Waals surface area contributed by atoms with E-state index in [-0.39, 0.29) is 34.7 Å². The Balaban J connectivity index is 1.20. The number of amides is 3. The fraction of sp³-hybridized carbons (Fsp3) is 0.364. The van der Waals surface area contributed by atoms with Crippen molar-refractivity contribution in [3.05, 3.63) is 84.4 Å². The van der Waals surface area contributed by atoms with Gasteiger partial charge in [0.15, 0.2) is 5.75 Å². The van der Waals surface area contributed by atoms with Crippen LogP contribution in [0.4, 0.5) is 10.5 Å². The first-order valence-corrected chi connectivity index (χ1v) is 16.4. The average molecular weight is 637 g/mol. The molecule has 1 fully saturated rings. The lowest BCUT2D eigenvalue weighted by Gasteiger charge is -2.33. The molecule has 0 aliphatic carbocycles. The number of nitrogens with one attached hydrogen (secondary N) is 3. The molecule has 0 saturated carbocycles. The number of rotatable bonds is 11. The van der Waals surface area contributed by atoms with Gasteiger partial charge in [0.05, 0.1) is 17.1 Å². The zero-order valence-electron chi connectivity index (χ0n) is 25.7. The first kappa shape index (κ1) is 33.3. The van der Waals surface area contributed by atoms with E-state index < -0.39 is 21.5 Å². The van der Waals surface area contributed by atoms with Crippen LogP contribution in [0.15, 0.2) is 83.8 Å². The second-order valence-electron chi connectivity index (χ2n) is 11.8. The molecule has 1 heterocycles. The number of carbonyl (C=O) groups excluding carboxylic acids is 3. The number of likely N-dealkylation sites (tertiary alicyclic amines) is 1. The molecular formula is C33H40N4O7S. The van der Waals surface area contributed by atoms with Gasteiger partial charge in [-0.3, -0.25) is 14.3 Å². The number of para-hydroxylation sites is 3. The van der Waals surface area contributed by atoms with Gasteiger partial charge < -0.3 is 25.0 Å². The van der Waals surface area contributed by atoms with Gasteiger partial charge in [-0.1, -0.05) is 30.3 Å². The van der Waals surface area contributed by atoms with Crippen LogP contribution < -0.4 is 20.1 Å². The SMILES string of the molecule is CC(C)(C)OC(=O)N1CCC(CCNC(=O)CNC(=O)c2ccc(S(=O)(=O)Nc3ccccc3Oc3ccccc3)cc2)CC1. The number of ether oxygens (including phenoxy) is 2. The highest BCUT2D eigenvalue weighted by Gasteiger charge is 2.26. The van der Waals surface area contributed by atoms with Crippen molar-refractivity contribution in [2.75, 3.05) is 30.9 Å². The Morgan fingerprint density at radius 3 is 2.18 bits per heavy atom. The van der Waals surface area contributed by atoms with E-state index in [0.717, 1.165) is 19.3 Å². The van der Waals surface area contributed by atoms with Gasteiger partial charge in [-0.15, -0.1) is 0 Å². The number of sulfonamides is 1. The molecule has 0 atom stereocenters. The minimum absolute atomic E-state index is 0.0387. The molecule has 0 aromatic heterocycles. The van der Waals surface area contributed by atoms with Gasteiger partial charge in [-0.2, -0.15) is 0 Å². The number of anilines is 1. The summed E-state index contributed by atoms with van der Waals surface area (Å²) in [6.07, 6.45) is 2.14. The molecule has 4 rings (SSSR count). The molecule has 0 unspecified atom stereocenters. The third-order valence-electron chi connectivity index (χ3n) is 7.08. The average Bonchev–Trinajstić information content (AvgIpc) is 3.01. The van der Waals surface area contributed by atoms with E-state index in [4.69, 9.17) is 9.47 Å². The lowest BCUT2D eigenvalue weighted by molar-refractivity contribution is -0.120. The second kappa shape index (κ2) is 14.9. The van der Waals surface area contributed by atoms with E-state index in [1.54, 1.807) is 41.3 Å². The normalized spacial score (nSPS) is 13.9. The summed E-state index contributed by atoms with van der Waals surface area (Å²) < 4.78 is 39.9. The predicted octanol–water partition coefficient (Wildman–Crippen LogP) is 5.16. The minimum Gasteiger partial charge on any atom is -0.455 e. The summed E-state index contributed by atoms with van der Waals surface area (Å²) in [5.41, 5.74) is -0.0476. The second-order valence-corrected chi connectivity index (χ2v) is 13.5. The maximum Gasteiger partial charge on any atom is 0.410 e. The number of nitrogens with zero attached hydrogens (tertiary/aromatic N) is 1. The zero-order valence-corrected chi connectivity index (χ0v) is 26.6. The van der Waals surface area contributed by atoms with Crippen LogP contribution in [-0.2, 0) is 19.6 Å². The molecule has 12 heteroatoms. The molecule has 3 amide bonds. The summed E-state index contributed by atoms with van der Waals surface area (Å²) in [5.74, 6) is 0.455. The molecule has 240 valence electrons. The van der Waals surface area contributed by atoms with Crippen molar-refractivity contribution in [3.63, 3.8) is 0 Å². The Labute approximate surface area is 264 Å². The van der Waals surface area contributed by atoms with Gasteiger partial charge in [0.25, 0.3) is 15.9 Å². The highest BCUT2D eigenvalue weighted by Crippen LogP contribution is 2.31. The maximum absolute atomic E-state index is 13.1. The Kier molecular flexibility index (Phi) is 11.1. The molecule has 3 aromatic carbocycles. The lowest BCUT2D eigenvalue weighted by atomic mass is 9.94. The Bertz CT molecular complexity index is 1560. The first-order valence-electron chi connectivity index (χ1n) is 14.9. The maximum atomic E-state index is 13.1.